The maximum Gasteiger partial charge on any atom is 0.226 e. The van der Waals surface area contributed by atoms with Crippen molar-refractivity contribution < 1.29 is 19.2 Å². The number of hydrogen-bond acceptors (Lipinski definition) is 4. The Labute approximate surface area is 222 Å². The van der Waals surface area contributed by atoms with Gasteiger partial charge in [0.2, 0.25) is 11.8 Å². The van der Waals surface area contributed by atoms with Crippen LogP contribution in [0.4, 0.5) is 0 Å². The lowest BCUT2D eigenvalue weighted by Gasteiger charge is -2.33. The number of hydrogen-bond donors (Lipinski definition) is 0. The second-order valence-electron chi connectivity index (χ2n) is 11.6. The number of amides is 2. The predicted octanol–water partition coefficient (Wildman–Crippen LogP) is 4.55. The topological polar surface area (TPSA) is 74.8 Å². The molecule has 1 spiro atoms. The lowest BCUT2D eigenvalue weighted by molar-refractivity contribution is -0.130. The molecule has 0 bridgehead atoms. The maximum atomic E-state index is 13.3. The number of piperidine rings is 1. The fraction of sp³-hybridized carbons (Fsp3) is 0.375. The zero-order chi connectivity index (χ0) is 26.4. The van der Waals surface area contributed by atoms with E-state index in [1.807, 2.05) is 48.5 Å². The number of nitrogens with zero attached hydrogens (tertiary/aromatic N) is 2. The molecule has 5 aliphatic rings. The maximum absolute atomic E-state index is 13.3. The second kappa shape index (κ2) is 7.85. The van der Waals surface area contributed by atoms with Gasteiger partial charge in [-0.3, -0.25) is 19.2 Å². The quantitative estimate of drug-likeness (QED) is 0.610. The van der Waals surface area contributed by atoms with Crippen LogP contribution < -0.4 is 0 Å². The minimum absolute atomic E-state index is 0.0257. The lowest BCUT2D eigenvalue weighted by Crippen LogP contribution is -2.36. The first-order chi connectivity index (χ1) is 18.3. The summed E-state index contributed by atoms with van der Waals surface area (Å²) in [5.41, 5.74) is 4.54. The van der Waals surface area contributed by atoms with Gasteiger partial charge < -0.3 is 9.80 Å². The summed E-state index contributed by atoms with van der Waals surface area (Å²) < 4.78 is 0. The Hall–Kier alpha value is -3.80. The molecule has 192 valence electrons. The molecule has 2 aliphatic heterocycles. The molecule has 1 saturated carbocycles. The molecule has 7 rings (SSSR count). The molecule has 3 aliphatic carbocycles. The molecule has 2 amide bonds. The van der Waals surface area contributed by atoms with Gasteiger partial charge in [-0.1, -0.05) is 55.5 Å². The number of benzene rings is 2. The first kappa shape index (κ1) is 23.3. The molecule has 0 N–H and O–H groups in total. The number of likely N-dealkylation sites (tertiary alicyclic amines) is 2. The Bertz CT molecular complexity index is 1520. The molecular weight excluding hydrogens is 476 g/mol. The van der Waals surface area contributed by atoms with Gasteiger partial charge in [0.1, 0.15) is 0 Å². The van der Waals surface area contributed by atoms with Gasteiger partial charge in [-0.2, -0.15) is 0 Å². The summed E-state index contributed by atoms with van der Waals surface area (Å²) in [6.45, 7) is 5.51. The zero-order valence-corrected chi connectivity index (χ0v) is 21.7. The third kappa shape index (κ3) is 2.89. The third-order valence-electron chi connectivity index (χ3n) is 9.93. The van der Waals surface area contributed by atoms with Crippen molar-refractivity contribution in [1.82, 2.24) is 9.80 Å². The Balaban J connectivity index is 1.04. The van der Waals surface area contributed by atoms with Crippen LogP contribution in [0.25, 0.3) is 0 Å². The van der Waals surface area contributed by atoms with E-state index in [1.54, 1.807) is 22.0 Å². The summed E-state index contributed by atoms with van der Waals surface area (Å²) in [5.74, 6) is 0.556. The second-order valence-corrected chi connectivity index (χ2v) is 11.6. The van der Waals surface area contributed by atoms with Crippen molar-refractivity contribution in [1.29, 1.82) is 0 Å². The van der Waals surface area contributed by atoms with Crippen LogP contribution in [-0.4, -0.2) is 46.3 Å². The molecule has 2 heterocycles. The van der Waals surface area contributed by atoms with Crippen LogP contribution in [0, 0.1) is 11.8 Å². The molecule has 2 unspecified atom stereocenters. The fourth-order valence-corrected chi connectivity index (χ4v) is 7.86. The van der Waals surface area contributed by atoms with E-state index in [0.717, 1.165) is 34.5 Å². The monoisotopic (exact) mass is 506 g/mol. The summed E-state index contributed by atoms with van der Waals surface area (Å²) in [4.78, 5) is 55.8. The smallest absolute Gasteiger partial charge is 0.226 e. The number of fused-ring (bicyclic) bond motifs is 4. The lowest BCUT2D eigenvalue weighted by atomic mass is 9.72. The highest BCUT2D eigenvalue weighted by Gasteiger charge is 2.72. The van der Waals surface area contributed by atoms with E-state index >= 15 is 0 Å². The van der Waals surface area contributed by atoms with Gasteiger partial charge in [0.05, 0.1) is 0 Å². The van der Waals surface area contributed by atoms with Gasteiger partial charge >= 0.3 is 0 Å². The summed E-state index contributed by atoms with van der Waals surface area (Å²) in [5, 5.41) is 0. The highest BCUT2D eigenvalue weighted by molar-refractivity contribution is 6.10. The first-order valence-electron chi connectivity index (χ1n) is 13.6. The number of rotatable bonds is 4. The zero-order valence-electron chi connectivity index (χ0n) is 21.7. The van der Waals surface area contributed by atoms with E-state index in [9.17, 15) is 19.2 Å². The number of allylic oxidation sites excluding steroid dienone is 4. The van der Waals surface area contributed by atoms with Crippen LogP contribution in [0.15, 0.2) is 72.1 Å². The van der Waals surface area contributed by atoms with Gasteiger partial charge in [-0.15, -0.1) is 0 Å². The Morgan fingerprint density at radius 3 is 2.13 bits per heavy atom. The molecule has 4 atom stereocenters. The minimum atomic E-state index is -0.353. The van der Waals surface area contributed by atoms with E-state index in [1.165, 1.54) is 0 Å². The summed E-state index contributed by atoms with van der Waals surface area (Å²) >= 11 is 0. The Morgan fingerprint density at radius 2 is 1.42 bits per heavy atom. The standard InChI is InChI=1S/C32H30N2O4/c1-19-24-18-34(28-17-26(36)21-9-4-6-11-23(21)32(19,24)28)30(38)13-7-12-29(37)33-15-14-31(2)22-10-5-3-8-20(22)25(35)16-27(31)33/h3-6,8-11,16-17,19,24H,7,12-15,18H2,1-2H3/t19-,24+,31?,32?/m1/s1. The van der Waals surface area contributed by atoms with Crippen LogP contribution in [0.5, 0.6) is 0 Å². The average molecular weight is 507 g/mol. The molecule has 6 heteroatoms. The third-order valence-corrected chi connectivity index (χ3v) is 9.93. The summed E-state index contributed by atoms with van der Waals surface area (Å²) in [6, 6.07) is 15.4. The van der Waals surface area contributed by atoms with Crippen molar-refractivity contribution in [2.45, 2.75) is 50.4 Å². The molecule has 38 heavy (non-hydrogen) atoms. The van der Waals surface area contributed by atoms with Crippen LogP contribution in [-0.2, 0) is 20.4 Å². The normalized spacial score (nSPS) is 30.1. The van der Waals surface area contributed by atoms with Gasteiger partial charge in [-0.05, 0) is 42.7 Å². The molecular formula is C32H30N2O4. The molecule has 0 radical (unpaired) electrons. The van der Waals surface area contributed by atoms with Crippen molar-refractivity contribution in [3.63, 3.8) is 0 Å². The minimum Gasteiger partial charge on any atom is -0.315 e. The van der Waals surface area contributed by atoms with E-state index < -0.39 is 0 Å². The molecule has 0 aromatic heterocycles. The Morgan fingerprint density at radius 1 is 0.842 bits per heavy atom. The van der Waals surface area contributed by atoms with Crippen molar-refractivity contribution in [2.24, 2.45) is 11.8 Å². The number of carbonyl (C=O) groups is 4. The number of ketones is 2. The van der Waals surface area contributed by atoms with E-state index in [4.69, 9.17) is 0 Å². The van der Waals surface area contributed by atoms with Crippen LogP contribution in [0.2, 0.25) is 0 Å². The largest absolute Gasteiger partial charge is 0.315 e. The van der Waals surface area contributed by atoms with Crippen LogP contribution in [0.1, 0.15) is 71.4 Å². The highest BCUT2D eigenvalue weighted by Crippen LogP contribution is 2.70. The fourth-order valence-electron chi connectivity index (χ4n) is 7.86. The molecule has 2 saturated heterocycles. The van der Waals surface area contributed by atoms with Gasteiger partial charge in [0.25, 0.3) is 0 Å². The molecule has 3 fully saturated rings. The highest BCUT2D eigenvalue weighted by atomic mass is 16.2. The Kier molecular flexibility index (Phi) is 4.82. The SMILES string of the molecule is C[C@@H]1[C@@H]2CN(C(=O)CCCC(=O)N3CCC4(C)C3=CC(=O)c3ccccc34)C3=CC(=O)c4ccccc4C312. The predicted molar refractivity (Wildman–Crippen MR) is 141 cm³/mol. The van der Waals surface area contributed by atoms with Gasteiger partial charge in [0.15, 0.2) is 11.6 Å². The molecule has 6 nitrogen and oxygen atoms in total. The summed E-state index contributed by atoms with van der Waals surface area (Å²) in [7, 11) is 0. The first-order valence-corrected chi connectivity index (χ1v) is 13.6. The molecule has 2 aromatic carbocycles. The van der Waals surface area contributed by atoms with Crippen molar-refractivity contribution >= 4 is 23.4 Å². The van der Waals surface area contributed by atoms with E-state index in [-0.39, 0.29) is 47.1 Å². The average Bonchev–Trinajstić information content (AvgIpc) is 3.18. The van der Waals surface area contributed by atoms with Crippen molar-refractivity contribution in [3.05, 3.63) is 94.3 Å². The molecule has 2 aromatic rings. The van der Waals surface area contributed by atoms with Gasteiger partial charge in [-0.25, -0.2) is 0 Å². The summed E-state index contributed by atoms with van der Waals surface area (Å²) in [6.07, 6.45) is 5.00. The van der Waals surface area contributed by atoms with Crippen molar-refractivity contribution in [2.75, 3.05) is 13.1 Å². The van der Waals surface area contributed by atoms with E-state index in [0.29, 0.717) is 36.9 Å². The van der Waals surface area contributed by atoms with E-state index in [2.05, 4.69) is 13.8 Å². The van der Waals surface area contributed by atoms with Crippen molar-refractivity contribution in [3.8, 4) is 0 Å². The van der Waals surface area contributed by atoms with Crippen LogP contribution in [0.3, 0.4) is 0 Å². The van der Waals surface area contributed by atoms with Crippen LogP contribution >= 0.6 is 0 Å². The van der Waals surface area contributed by atoms with Gasteiger partial charge in [0, 0.05) is 71.4 Å². The number of carbonyl (C=O) groups excluding carboxylic acids is 4.